The van der Waals surface area contributed by atoms with Crippen LogP contribution >= 0.6 is 11.6 Å². The monoisotopic (exact) mass is 274 g/mol. The molecule has 0 spiro atoms. The average Bonchev–Trinajstić information content (AvgIpc) is 2.39. The fourth-order valence-corrected chi connectivity index (χ4v) is 1.61. The lowest BCUT2D eigenvalue weighted by Gasteiger charge is -1.98. The van der Waals surface area contributed by atoms with Gasteiger partial charge >= 0.3 is 0 Å². The van der Waals surface area contributed by atoms with Gasteiger partial charge in [0, 0.05) is 18.7 Å². The van der Waals surface area contributed by atoms with Gasteiger partial charge in [0.15, 0.2) is 0 Å². The molecule has 6 heteroatoms. The van der Waals surface area contributed by atoms with Gasteiger partial charge in [-0.05, 0) is 18.1 Å². The number of nitrogen functional groups attached to an aromatic ring is 1. The lowest BCUT2D eigenvalue weighted by atomic mass is 10.2. The first kappa shape index (κ1) is 13.3. The summed E-state index contributed by atoms with van der Waals surface area (Å²) in [5, 5.41) is 9.08. The highest BCUT2D eigenvalue weighted by molar-refractivity contribution is 6.30. The van der Waals surface area contributed by atoms with E-state index in [2.05, 4.69) is 26.8 Å². The lowest BCUT2D eigenvalue weighted by molar-refractivity contribution is 0.298. The number of hydrogen-bond acceptors (Lipinski definition) is 5. The highest BCUT2D eigenvalue weighted by Gasteiger charge is 2.03. The van der Waals surface area contributed by atoms with Crippen LogP contribution in [-0.2, 0) is 6.42 Å². The molecule has 2 aromatic rings. The molecule has 2 rings (SSSR count). The summed E-state index contributed by atoms with van der Waals surface area (Å²) in [6.45, 7) is 0.0508. The summed E-state index contributed by atoms with van der Waals surface area (Å²) in [7, 11) is 0. The van der Waals surface area contributed by atoms with Crippen LogP contribution in [0.1, 0.15) is 17.0 Å². The second-order valence-electron chi connectivity index (χ2n) is 3.66. The fourth-order valence-electron chi connectivity index (χ4n) is 1.42. The number of nitrogens with two attached hydrogens (primary N) is 1. The number of pyridine rings is 1. The first-order chi connectivity index (χ1) is 9.20. The SMILES string of the molecule is Nc1ncnc(Cl)c1C#Cc1cccc(CCO)n1. The summed E-state index contributed by atoms with van der Waals surface area (Å²) in [6.07, 6.45) is 1.77. The van der Waals surface area contributed by atoms with Gasteiger partial charge in [0.25, 0.3) is 0 Å². The van der Waals surface area contributed by atoms with Crippen LogP contribution in [0.15, 0.2) is 24.5 Å². The Morgan fingerprint density at radius 3 is 2.84 bits per heavy atom. The first-order valence-corrected chi connectivity index (χ1v) is 5.93. The molecule has 2 heterocycles. The van der Waals surface area contributed by atoms with Gasteiger partial charge in [-0.3, -0.25) is 0 Å². The van der Waals surface area contributed by atoms with Gasteiger partial charge in [-0.2, -0.15) is 0 Å². The minimum absolute atomic E-state index is 0.0508. The lowest BCUT2D eigenvalue weighted by Crippen LogP contribution is -1.97. The van der Waals surface area contributed by atoms with Crippen LogP contribution in [0.4, 0.5) is 5.82 Å². The Balaban J connectivity index is 2.31. The molecule has 0 aromatic carbocycles. The molecule has 0 aliphatic rings. The zero-order chi connectivity index (χ0) is 13.7. The molecule has 0 unspecified atom stereocenters. The van der Waals surface area contributed by atoms with E-state index in [1.165, 1.54) is 6.33 Å². The maximum Gasteiger partial charge on any atom is 0.150 e. The summed E-state index contributed by atoms with van der Waals surface area (Å²) in [4.78, 5) is 11.9. The van der Waals surface area contributed by atoms with Gasteiger partial charge in [-0.15, -0.1) is 0 Å². The smallest absolute Gasteiger partial charge is 0.150 e. The summed E-state index contributed by atoms with van der Waals surface area (Å²) in [5.74, 6) is 5.90. The van der Waals surface area contributed by atoms with E-state index >= 15 is 0 Å². The van der Waals surface area contributed by atoms with Gasteiger partial charge < -0.3 is 10.8 Å². The largest absolute Gasteiger partial charge is 0.396 e. The Bertz CT molecular complexity index is 628. The average molecular weight is 275 g/mol. The van der Waals surface area contributed by atoms with Crippen molar-refractivity contribution in [3.05, 3.63) is 46.6 Å². The number of aromatic nitrogens is 3. The van der Waals surface area contributed by atoms with E-state index < -0.39 is 0 Å². The molecule has 2 aromatic heterocycles. The molecular weight excluding hydrogens is 264 g/mol. The third-order valence-electron chi connectivity index (χ3n) is 2.32. The van der Waals surface area contributed by atoms with E-state index in [4.69, 9.17) is 22.4 Å². The van der Waals surface area contributed by atoms with Crippen LogP contribution in [0.5, 0.6) is 0 Å². The molecule has 96 valence electrons. The number of hydrogen-bond donors (Lipinski definition) is 2. The number of nitrogens with zero attached hydrogens (tertiary/aromatic N) is 3. The maximum atomic E-state index is 8.86. The second kappa shape index (κ2) is 6.14. The molecule has 0 amide bonds. The van der Waals surface area contributed by atoms with Crippen molar-refractivity contribution < 1.29 is 5.11 Å². The highest BCUT2D eigenvalue weighted by atomic mass is 35.5. The van der Waals surface area contributed by atoms with Crippen molar-refractivity contribution in [1.82, 2.24) is 15.0 Å². The molecule has 0 radical (unpaired) electrons. The van der Waals surface area contributed by atoms with Gasteiger partial charge in [-0.1, -0.05) is 23.6 Å². The topological polar surface area (TPSA) is 84.9 Å². The molecule has 0 saturated heterocycles. The van der Waals surface area contributed by atoms with Crippen LogP contribution < -0.4 is 5.73 Å². The van der Waals surface area contributed by atoms with Crippen LogP contribution in [0.25, 0.3) is 0 Å². The summed E-state index contributed by atoms with van der Waals surface area (Å²) < 4.78 is 0. The molecule has 5 nitrogen and oxygen atoms in total. The van der Waals surface area contributed by atoms with Crippen molar-refractivity contribution >= 4 is 17.4 Å². The molecule has 0 fully saturated rings. The predicted octanol–water partition coefficient (Wildman–Crippen LogP) is 1.04. The van der Waals surface area contributed by atoms with Crippen LogP contribution in [0.2, 0.25) is 5.15 Å². The minimum atomic E-state index is 0.0508. The zero-order valence-corrected chi connectivity index (χ0v) is 10.7. The Morgan fingerprint density at radius 2 is 2.11 bits per heavy atom. The van der Waals surface area contributed by atoms with Crippen molar-refractivity contribution in [3.63, 3.8) is 0 Å². The van der Waals surface area contributed by atoms with Crippen molar-refractivity contribution in [2.24, 2.45) is 0 Å². The van der Waals surface area contributed by atoms with E-state index in [-0.39, 0.29) is 17.6 Å². The van der Waals surface area contributed by atoms with E-state index in [0.717, 1.165) is 5.69 Å². The quantitative estimate of drug-likeness (QED) is 0.631. The van der Waals surface area contributed by atoms with Crippen molar-refractivity contribution in [1.29, 1.82) is 0 Å². The van der Waals surface area contributed by atoms with Crippen LogP contribution in [-0.4, -0.2) is 26.7 Å². The Labute approximate surface area is 115 Å². The van der Waals surface area contributed by atoms with E-state index in [1.807, 2.05) is 12.1 Å². The Kier molecular flexibility index (Phi) is 4.29. The Hall–Kier alpha value is -2.16. The minimum Gasteiger partial charge on any atom is -0.396 e. The first-order valence-electron chi connectivity index (χ1n) is 5.55. The summed E-state index contributed by atoms with van der Waals surface area (Å²) in [6, 6.07) is 5.42. The van der Waals surface area contributed by atoms with E-state index in [1.54, 1.807) is 6.07 Å². The predicted molar refractivity (Wildman–Crippen MR) is 72.5 cm³/mol. The standard InChI is InChI=1S/C13H11ClN4O/c14-12-11(13(15)17-8-16-12)5-4-9-2-1-3-10(18-9)6-7-19/h1-3,8,19H,6-7H2,(H2,15,16,17). The van der Waals surface area contributed by atoms with Crippen molar-refractivity contribution in [2.45, 2.75) is 6.42 Å². The highest BCUT2D eigenvalue weighted by Crippen LogP contribution is 2.15. The van der Waals surface area contributed by atoms with Crippen molar-refractivity contribution in [3.8, 4) is 11.8 Å². The number of aliphatic hydroxyl groups is 1. The molecule has 0 aliphatic heterocycles. The maximum absolute atomic E-state index is 8.86. The third kappa shape index (κ3) is 3.41. The normalized spacial score (nSPS) is 9.79. The number of rotatable bonds is 2. The number of aliphatic hydroxyl groups excluding tert-OH is 1. The van der Waals surface area contributed by atoms with Gasteiger partial charge in [0.05, 0.1) is 0 Å². The van der Waals surface area contributed by atoms with E-state index in [9.17, 15) is 0 Å². The summed E-state index contributed by atoms with van der Waals surface area (Å²) in [5.41, 5.74) is 7.41. The molecule has 0 bridgehead atoms. The van der Waals surface area contributed by atoms with Crippen molar-refractivity contribution in [2.75, 3.05) is 12.3 Å². The molecule has 0 aliphatic carbocycles. The molecule has 3 N–H and O–H groups in total. The number of anilines is 1. The summed E-state index contributed by atoms with van der Waals surface area (Å²) >= 11 is 5.89. The third-order valence-corrected chi connectivity index (χ3v) is 2.61. The van der Waals surface area contributed by atoms with Gasteiger partial charge in [0.1, 0.15) is 28.6 Å². The van der Waals surface area contributed by atoms with Crippen LogP contribution in [0.3, 0.4) is 0 Å². The van der Waals surface area contributed by atoms with Gasteiger partial charge in [-0.25, -0.2) is 15.0 Å². The zero-order valence-electron chi connectivity index (χ0n) is 9.97. The fraction of sp³-hybridized carbons (Fsp3) is 0.154. The van der Waals surface area contributed by atoms with Crippen LogP contribution in [0, 0.1) is 11.8 Å². The molecule has 0 atom stereocenters. The van der Waals surface area contributed by atoms with E-state index in [0.29, 0.717) is 17.7 Å². The Morgan fingerprint density at radius 1 is 1.26 bits per heavy atom. The van der Waals surface area contributed by atoms with Gasteiger partial charge in [0.2, 0.25) is 0 Å². The molecular formula is C13H11ClN4O. The molecule has 19 heavy (non-hydrogen) atoms. The second-order valence-corrected chi connectivity index (χ2v) is 4.02. The number of halogens is 1. The molecule has 0 saturated carbocycles.